The van der Waals surface area contributed by atoms with Crippen LogP contribution in [0.5, 0.6) is 0 Å². The molecule has 0 radical (unpaired) electrons. The Morgan fingerprint density at radius 3 is 2.81 bits per heavy atom. The predicted octanol–water partition coefficient (Wildman–Crippen LogP) is 2.63. The van der Waals surface area contributed by atoms with E-state index in [2.05, 4.69) is 64.6 Å². The molecule has 0 amide bonds. The molecule has 3 rings (SSSR count). The van der Waals surface area contributed by atoms with Gasteiger partial charge >= 0.3 is 0 Å². The summed E-state index contributed by atoms with van der Waals surface area (Å²) in [6.45, 7) is 6.42. The molecule has 2 aromatic rings. The van der Waals surface area contributed by atoms with Crippen molar-refractivity contribution in [2.24, 2.45) is 0 Å². The maximum Gasteiger partial charge on any atom is 0.152 e. The number of rotatable bonds is 5. The first-order valence-electron chi connectivity index (χ1n) is 7.81. The molecule has 1 saturated heterocycles. The summed E-state index contributed by atoms with van der Waals surface area (Å²) in [5.41, 5.74) is 1.43. The molecule has 1 aliphatic rings. The summed E-state index contributed by atoms with van der Waals surface area (Å²) in [5.74, 6) is 0.990. The summed E-state index contributed by atoms with van der Waals surface area (Å²) in [5, 5.41) is 12.1. The van der Waals surface area contributed by atoms with Crippen molar-refractivity contribution >= 4 is 0 Å². The zero-order valence-electron chi connectivity index (χ0n) is 12.8. The van der Waals surface area contributed by atoms with Crippen LogP contribution in [0.4, 0.5) is 0 Å². The lowest BCUT2D eigenvalue weighted by atomic mass is 10.0. The number of likely N-dealkylation sites (tertiary alicyclic amines) is 1. The van der Waals surface area contributed by atoms with Crippen LogP contribution in [-0.4, -0.2) is 38.2 Å². The topological polar surface area (TPSA) is 46.8 Å². The lowest BCUT2D eigenvalue weighted by molar-refractivity contribution is 0.256. The van der Waals surface area contributed by atoms with Crippen LogP contribution >= 0.6 is 0 Å². The molecule has 1 aliphatic heterocycles. The fourth-order valence-electron chi connectivity index (χ4n) is 3.17. The Morgan fingerprint density at radius 1 is 1.24 bits per heavy atom. The molecule has 1 aromatic carbocycles. The summed E-state index contributed by atoms with van der Waals surface area (Å²) in [7, 11) is 0. The van der Waals surface area contributed by atoms with Gasteiger partial charge < -0.3 is 0 Å². The molecule has 0 bridgehead atoms. The van der Waals surface area contributed by atoms with Crippen molar-refractivity contribution in [3.05, 3.63) is 41.7 Å². The van der Waals surface area contributed by atoms with Crippen LogP contribution in [0, 0.1) is 0 Å². The normalized spacial score (nSPS) is 19.5. The number of tetrazole rings is 1. The largest absolute Gasteiger partial charge is 0.296 e. The van der Waals surface area contributed by atoms with Gasteiger partial charge in [0.25, 0.3) is 0 Å². The highest BCUT2D eigenvalue weighted by Gasteiger charge is 2.25. The van der Waals surface area contributed by atoms with E-state index >= 15 is 0 Å². The minimum Gasteiger partial charge on any atom is -0.296 e. The van der Waals surface area contributed by atoms with Crippen LogP contribution in [0.25, 0.3) is 0 Å². The van der Waals surface area contributed by atoms with Gasteiger partial charge in [0.05, 0.1) is 6.04 Å². The third-order valence-corrected chi connectivity index (χ3v) is 4.22. The van der Waals surface area contributed by atoms with E-state index in [9.17, 15) is 0 Å². The highest BCUT2D eigenvalue weighted by atomic mass is 15.5. The second-order valence-electron chi connectivity index (χ2n) is 5.99. The second kappa shape index (κ2) is 6.35. The summed E-state index contributed by atoms with van der Waals surface area (Å²) in [6, 6.07) is 11.7. The van der Waals surface area contributed by atoms with Crippen LogP contribution in [0.2, 0.25) is 0 Å². The summed E-state index contributed by atoms with van der Waals surface area (Å²) in [4.78, 5) is 2.56. The van der Waals surface area contributed by atoms with Gasteiger partial charge in [0.1, 0.15) is 0 Å². The zero-order chi connectivity index (χ0) is 14.7. The standard InChI is InChI=1S/C16H23N5/c1-13(2)21-16(17-18-19-21)10-12-20-11-6-9-15(20)14-7-4-3-5-8-14/h3-5,7-8,13,15H,6,9-12H2,1-2H3/t15-/m0/s1. The van der Waals surface area contributed by atoms with E-state index in [1.807, 2.05) is 4.68 Å². The van der Waals surface area contributed by atoms with E-state index < -0.39 is 0 Å². The second-order valence-corrected chi connectivity index (χ2v) is 5.99. The fourth-order valence-corrected chi connectivity index (χ4v) is 3.17. The minimum atomic E-state index is 0.318. The monoisotopic (exact) mass is 285 g/mol. The lowest BCUT2D eigenvalue weighted by Crippen LogP contribution is -2.26. The average molecular weight is 285 g/mol. The molecule has 1 aromatic heterocycles. The van der Waals surface area contributed by atoms with E-state index in [0.29, 0.717) is 12.1 Å². The first-order valence-corrected chi connectivity index (χ1v) is 7.81. The van der Waals surface area contributed by atoms with Crippen molar-refractivity contribution in [1.29, 1.82) is 0 Å². The van der Waals surface area contributed by atoms with Gasteiger partial charge in [0.15, 0.2) is 5.82 Å². The first kappa shape index (κ1) is 14.2. The Kier molecular flexibility index (Phi) is 4.29. The summed E-state index contributed by atoms with van der Waals surface area (Å²) >= 11 is 0. The number of hydrogen-bond donors (Lipinski definition) is 0. The van der Waals surface area contributed by atoms with Gasteiger partial charge in [-0.3, -0.25) is 4.90 Å². The van der Waals surface area contributed by atoms with Crippen molar-refractivity contribution < 1.29 is 0 Å². The van der Waals surface area contributed by atoms with Crippen LogP contribution < -0.4 is 0 Å². The third kappa shape index (κ3) is 3.13. The molecule has 0 N–H and O–H groups in total. The molecule has 0 unspecified atom stereocenters. The van der Waals surface area contributed by atoms with Crippen molar-refractivity contribution in [2.45, 2.75) is 45.2 Å². The molecule has 5 nitrogen and oxygen atoms in total. The predicted molar refractivity (Wildman–Crippen MR) is 81.9 cm³/mol. The van der Waals surface area contributed by atoms with Crippen molar-refractivity contribution in [3.8, 4) is 0 Å². The van der Waals surface area contributed by atoms with E-state index in [1.54, 1.807) is 0 Å². The Hall–Kier alpha value is -1.75. The maximum atomic E-state index is 4.17. The fraction of sp³-hybridized carbons (Fsp3) is 0.562. The van der Waals surface area contributed by atoms with Gasteiger partial charge in [0.2, 0.25) is 0 Å². The minimum absolute atomic E-state index is 0.318. The Bertz CT molecular complexity index is 563. The van der Waals surface area contributed by atoms with Crippen LogP contribution in [0.3, 0.4) is 0 Å². The maximum absolute atomic E-state index is 4.17. The first-order chi connectivity index (χ1) is 10.3. The van der Waals surface area contributed by atoms with Gasteiger partial charge in [-0.2, -0.15) is 0 Å². The molecule has 1 fully saturated rings. The van der Waals surface area contributed by atoms with Gasteiger partial charge in [0, 0.05) is 19.0 Å². The Labute approximate surface area is 126 Å². The molecule has 5 heteroatoms. The molecule has 1 atom stereocenters. The average Bonchev–Trinajstić information content (AvgIpc) is 3.15. The molecule has 112 valence electrons. The van der Waals surface area contributed by atoms with Gasteiger partial charge in [-0.25, -0.2) is 4.68 Å². The molecular formula is C16H23N5. The number of nitrogens with zero attached hydrogens (tertiary/aromatic N) is 5. The van der Waals surface area contributed by atoms with E-state index in [-0.39, 0.29) is 0 Å². The van der Waals surface area contributed by atoms with Gasteiger partial charge in [-0.15, -0.1) is 5.10 Å². The van der Waals surface area contributed by atoms with Crippen LogP contribution in [0.15, 0.2) is 30.3 Å². The summed E-state index contributed by atoms with van der Waals surface area (Å²) in [6.07, 6.45) is 3.43. The Morgan fingerprint density at radius 2 is 2.05 bits per heavy atom. The summed E-state index contributed by atoms with van der Waals surface area (Å²) < 4.78 is 1.92. The number of benzene rings is 1. The SMILES string of the molecule is CC(C)n1nnnc1CCN1CCC[C@H]1c1ccccc1. The highest BCUT2D eigenvalue weighted by Crippen LogP contribution is 2.31. The molecule has 0 spiro atoms. The molecule has 0 aliphatic carbocycles. The lowest BCUT2D eigenvalue weighted by Gasteiger charge is -2.24. The molecule has 0 saturated carbocycles. The molecule has 2 heterocycles. The smallest absolute Gasteiger partial charge is 0.152 e. The zero-order valence-corrected chi connectivity index (χ0v) is 12.8. The van der Waals surface area contributed by atoms with E-state index in [4.69, 9.17) is 0 Å². The number of aromatic nitrogens is 4. The Balaban J connectivity index is 1.66. The molecular weight excluding hydrogens is 262 g/mol. The third-order valence-electron chi connectivity index (χ3n) is 4.22. The van der Waals surface area contributed by atoms with Crippen molar-refractivity contribution in [2.75, 3.05) is 13.1 Å². The van der Waals surface area contributed by atoms with Crippen molar-refractivity contribution in [3.63, 3.8) is 0 Å². The number of hydrogen-bond acceptors (Lipinski definition) is 4. The highest BCUT2D eigenvalue weighted by molar-refractivity contribution is 5.20. The van der Waals surface area contributed by atoms with E-state index in [1.165, 1.54) is 24.9 Å². The quantitative estimate of drug-likeness (QED) is 0.847. The molecule has 21 heavy (non-hydrogen) atoms. The van der Waals surface area contributed by atoms with Gasteiger partial charge in [-0.1, -0.05) is 30.3 Å². The van der Waals surface area contributed by atoms with Crippen LogP contribution in [-0.2, 0) is 6.42 Å². The van der Waals surface area contributed by atoms with Crippen molar-refractivity contribution in [1.82, 2.24) is 25.1 Å². The van der Waals surface area contributed by atoms with Gasteiger partial charge in [-0.05, 0) is 49.2 Å². The van der Waals surface area contributed by atoms with E-state index in [0.717, 1.165) is 18.8 Å². The van der Waals surface area contributed by atoms with Crippen LogP contribution in [0.1, 0.15) is 50.2 Å².